The molecule has 4 aromatic rings. The predicted molar refractivity (Wildman–Crippen MR) is 83.1 cm³/mol. The first-order chi connectivity index (χ1) is 10.3. The predicted octanol–water partition coefficient (Wildman–Crippen LogP) is 3.14. The zero-order chi connectivity index (χ0) is 14.2. The highest BCUT2D eigenvalue weighted by Gasteiger charge is 2.12. The van der Waals surface area contributed by atoms with Gasteiger partial charge in [0.2, 0.25) is 0 Å². The molecule has 4 heteroatoms. The quantitative estimate of drug-likeness (QED) is 0.542. The van der Waals surface area contributed by atoms with Gasteiger partial charge in [0.05, 0.1) is 16.6 Å². The summed E-state index contributed by atoms with van der Waals surface area (Å²) in [6.07, 6.45) is 5.08. The Morgan fingerprint density at radius 1 is 0.905 bits per heavy atom. The Morgan fingerprint density at radius 3 is 2.57 bits per heavy atom. The molecule has 21 heavy (non-hydrogen) atoms. The van der Waals surface area contributed by atoms with E-state index in [1.165, 1.54) is 0 Å². The van der Waals surface area contributed by atoms with Crippen LogP contribution in [0.1, 0.15) is 0 Å². The molecule has 1 aromatic carbocycles. The molecule has 0 aliphatic heterocycles. The lowest BCUT2D eigenvalue weighted by Crippen LogP contribution is -2.07. The molecule has 0 amide bonds. The lowest BCUT2D eigenvalue weighted by atomic mass is 10.0. The number of aromatic nitrogens is 3. The van der Waals surface area contributed by atoms with Crippen molar-refractivity contribution in [3.8, 4) is 11.3 Å². The number of nitrogens with one attached hydrogen (secondary N) is 1. The number of pyridine rings is 3. The molecule has 4 rings (SSSR count). The molecular weight excluding hydrogens is 262 g/mol. The van der Waals surface area contributed by atoms with Gasteiger partial charge in [-0.25, -0.2) is 4.98 Å². The third-order valence-corrected chi connectivity index (χ3v) is 3.58. The minimum absolute atomic E-state index is 0.127. The van der Waals surface area contributed by atoms with Gasteiger partial charge in [0.1, 0.15) is 0 Å². The molecule has 4 nitrogen and oxygen atoms in total. The first kappa shape index (κ1) is 11.8. The second kappa shape index (κ2) is 4.52. The van der Waals surface area contributed by atoms with Crippen molar-refractivity contribution in [1.29, 1.82) is 0 Å². The number of nitrogens with zero attached hydrogens (tertiary/aromatic N) is 2. The summed E-state index contributed by atoms with van der Waals surface area (Å²) in [5.41, 5.74) is 2.32. The number of hydrogen-bond acceptors (Lipinski definition) is 3. The van der Waals surface area contributed by atoms with Gasteiger partial charge in [-0.1, -0.05) is 18.2 Å². The Kier molecular flexibility index (Phi) is 2.54. The van der Waals surface area contributed by atoms with Crippen molar-refractivity contribution in [2.24, 2.45) is 0 Å². The van der Waals surface area contributed by atoms with E-state index in [0.29, 0.717) is 11.1 Å². The van der Waals surface area contributed by atoms with Crippen LogP contribution >= 0.6 is 0 Å². The van der Waals surface area contributed by atoms with Crippen LogP contribution in [0.4, 0.5) is 0 Å². The Hall–Kier alpha value is -3.01. The van der Waals surface area contributed by atoms with Crippen molar-refractivity contribution in [2.45, 2.75) is 0 Å². The molecular formula is C17H11N3O. The van der Waals surface area contributed by atoms with Crippen LogP contribution in [-0.4, -0.2) is 15.0 Å². The molecule has 0 fully saturated rings. The second-order valence-corrected chi connectivity index (χ2v) is 4.81. The van der Waals surface area contributed by atoms with Gasteiger partial charge >= 0.3 is 0 Å². The summed E-state index contributed by atoms with van der Waals surface area (Å²) in [6.45, 7) is 0. The number of rotatable bonds is 1. The molecule has 0 unspecified atom stereocenters. The van der Waals surface area contributed by atoms with Gasteiger partial charge in [0.25, 0.3) is 5.56 Å². The summed E-state index contributed by atoms with van der Waals surface area (Å²) in [5, 5.41) is 2.51. The smallest absolute Gasteiger partial charge is 0.258 e. The van der Waals surface area contributed by atoms with E-state index in [-0.39, 0.29) is 5.56 Å². The van der Waals surface area contributed by atoms with Gasteiger partial charge < -0.3 is 4.98 Å². The summed E-state index contributed by atoms with van der Waals surface area (Å²) < 4.78 is 0. The lowest BCUT2D eigenvalue weighted by molar-refractivity contribution is 1.26. The van der Waals surface area contributed by atoms with Crippen LogP contribution < -0.4 is 5.56 Å². The molecule has 0 bridgehead atoms. The molecule has 0 saturated carbocycles. The van der Waals surface area contributed by atoms with E-state index in [0.717, 1.165) is 21.9 Å². The van der Waals surface area contributed by atoms with Crippen molar-refractivity contribution >= 4 is 21.7 Å². The highest BCUT2D eigenvalue weighted by atomic mass is 16.1. The van der Waals surface area contributed by atoms with E-state index in [9.17, 15) is 4.79 Å². The van der Waals surface area contributed by atoms with E-state index < -0.39 is 0 Å². The first-order valence-corrected chi connectivity index (χ1v) is 6.65. The van der Waals surface area contributed by atoms with E-state index in [1.807, 2.05) is 42.5 Å². The number of fused-ring (bicyclic) bond motifs is 3. The van der Waals surface area contributed by atoms with Crippen molar-refractivity contribution in [3.63, 3.8) is 0 Å². The van der Waals surface area contributed by atoms with Crippen molar-refractivity contribution in [3.05, 3.63) is 71.4 Å². The second-order valence-electron chi connectivity index (χ2n) is 4.81. The maximum absolute atomic E-state index is 12.3. The fraction of sp³-hybridized carbons (Fsp3) is 0. The highest BCUT2D eigenvalue weighted by Crippen LogP contribution is 2.29. The minimum atomic E-state index is -0.127. The maximum atomic E-state index is 12.3. The summed E-state index contributed by atoms with van der Waals surface area (Å²) in [5.74, 6) is 0. The average molecular weight is 273 g/mol. The topological polar surface area (TPSA) is 58.6 Å². The summed E-state index contributed by atoms with van der Waals surface area (Å²) in [7, 11) is 0. The van der Waals surface area contributed by atoms with Gasteiger partial charge in [-0.05, 0) is 24.3 Å². The van der Waals surface area contributed by atoms with E-state index >= 15 is 0 Å². The molecule has 0 radical (unpaired) electrons. The lowest BCUT2D eigenvalue weighted by Gasteiger charge is -2.08. The third kappa shape index (κ3) is 1.80. The van der Waals surface area contributed by atoms with Gasteiger partial charge in [0, 0.05) is 34.9 Å². The molecule has 3 heterocycles. The third-order valence-electron chi connectivity index (χ3n) is 3.58. The minimum Gasteiger partial charge on any atom is -0.328 e. The molecule has 100 valence electrons. The molecule has 1 N–H and O–H groups in total. The average Bonchev–Trinajstić information content (AvgIpc) is 2.55. The van der Waals surface area contributed by atoms with E-state index in [4.69, 9.17) is 0 Å². The van der Waals surface area contributed by atoms with Crippen LogP contribution in [0.3, 0.4) is 0 Å². The van der Waals surface area contributed by atoms with E-state index in [2.05, 4.69) is 15.0 Å². The summed E-state index contributed by atoms with van der Waals surface area (Å²) in [4.78, 5) is 23.8. The first-order valence-electron chi connectivity index (χ1n) is 6.65. The normalized spacial score (nSPS) is 11.0. The van der Waals surface area contributed by atoms with E-state index in [1.54, 1.807) is 18.6 Å². The maximum Gasteiger partial charge on any atom is 0.258 e. The van der Waals surface area contributed by atoms with Crippen molar-refractivity contribution in [1.82, 2.24) is 15.0 Å². The highest BCUT2D eigenvalue weighted by molar-refractivity contribution is 6.10. The molecule has 0 saturated heterocycles. The summed E-state index contributed by atoms with van der Waals surface area (Å²) in [6, 6.07) is 13.5. The Balaban J connectivity index is 2.26. The number of benzene rings is 1. The SMILES string of the molecule is O=c1[nH]ccc2c1c(-c1ccncc1)nc1ccccc12. The zero-order valence-corrected chi connectivity index (χ0v) is 11.1. The van der Waals surface area contributed by atoms with Crippen LogP contribution in [0.15, 0.2) is 65.8 Å². The van der Waals surface area contributed by atoms with Crippen LogP contribution in [0.25, 0.3) is 32.9 Å². The van der Waals surface area contributed by atoms with Gasteiger partial charge in [-0.15, -0.1) is 0 Å². The monoisotopic (exact) mass is 273 g/mol. The van der Waals surface area contributed by atoms with Gasteiger partial charge in [-0.2, -0.15) is 0 Å². The van der Waals surface area contributed by atoms with Crippen LogP contribution in [0.2, 0.25) is 0 Å². The fourth-order valence-electron chi connectivity index (χ4n) is 2.63. The molecule has 0 aliphatic carbocycles. The van der Waals surface area contributed by atoms with Crippen molar-refractivity contribution < 1.29 is 0 Å². The van der Waals surface area contributed by atoms with Crippen LogP contribution in [0.5, 0.6) is 0 Å². The van der Waals surface area contributed by atoms with Crippen LogP contribution in [-0.2, 0) is 0 Å². The van der Waals surface area contributed by atoms with Gasteiger partial charge in [0.15, 0.2) is 0 Å². The fourth-order valence-corrected chi connectivity index (χ4v) is 2.63. The largest absolute Gasteiger partial charge is 0.328 e. The standard InChI is InChI=1S/C17H11N3O/c21-17-15-13(7-10-19-17)12-3-1-2-4-14(12)20-16(15)11-5-8-18-9-6-11/h1-10H,(H,19,21). The number of hydrogen-bond donors (Lipinski definition) is 1. The zero-order valence-electron chi connectivity index (χ0n) is 11.1. The Labute approximate surface area is 120 Å². The number of aromatic amines is 1. The Bertz CT molecular complexity index is 1010. The van der Waals surface area contributed by atoms with Crippen LogP contribution in [0, 0.1) is 0 Å². The molecule has 0 aliphatic rings. The Morgan fingerprint density at radius 2 is 1.71 bits per heavy atom. The molecule has 0 spiro atoms. The number of H-pyrrole nitrogens is 1. The van der Waals surface area contributed by atoms with Gasteiger partial charge in [-0.3, -0.25) is 9.78 Å². The molecule has 0 atom stereocenters. The van der Waals surface area contributed by atoms with Crippen molar-refractivity contribution in [2.75, 3.05) is 0 Å². The summed E-state index contributed by atoms with van der Waals surface area (Å²) >= 11 is 0. The molecule has 3 aromatic heterocycles. The number of para-hydroxylation sites is 1.